The largest absolute Gasteiger partial charge is 0.341 e. The van der Waals surface area contributed by atoms with E-state index in [0.29, 0.717) is 0 Å². The number of hydrogen-bond donors (Lipinski definition) is 0. The van der Waals surface area contributed by atoms with Crippen LogP contribution in [0.15, 0.2) is 55.0 Å². The highest BCUT2D eigenvalue weighted by Gasteiger charge is 2.29. The van der Waals surface area contributed by atoms with Crippen LogP contribution in [0.2, 0.25) is 0 Å². The molecule has 1 aromatic heterocycles. The van der Waals surface area contributed by atoms with Crippen LogP contribution in [0.5, 0.6) is 0 Å². The van der Waals surface area contributed by atoms with E-state index in [1.807, 2.05) is 19.6 Å². The molecule has 4 nitrogen and oxygen atoms in total. The van der Waals surface area contributed by atoms with Gasteiger partial charge in [0.15, 0.2) is 0 Å². The maximum absolute atomic E-state index is 4.22. The molecule has 0 amide bonds. The lowest BCUT2D eigenvalue weighted by atomic mass is 9.97. The van der Waals surface area contributed by atoms with Crippen LogP contribution in [0.4, 0.5) is 22.7 Å². The van der Waals surface area contributed by atoms with E-state index in [9.17, 15) is 0 Å². The normalized spacial score (nSPS) is 12.8. The Morgan fingerprint density at radius 3 is 2.29 bits per heavy atom. The minimum atomic E-state index is 1.17. The van der Waals surface area contributed by atoms with E-state index in [1.54, 1.807) is 0 Å². The van der Waals surface area contributed by atoms with Gasteiger partial charge in [0, 0.05) is 20.2 Å². The molecule has 0 spiro atoms. The van der Waals surface area contributed by atoms with E-state index < -0.39 is 0 Å². The van der Waals surface area contributed by atoms with Gasteiger partial charge in [-0.1, -0.05) is 23.2 Å². The molecule has 0 aliphatic carbocycles. The molecule has 4 rings (SSSR count). The molecule has 2 heterocycles. The Bertz CT molecular complexity index is 933. The number of aromatic nitrogens is 2. The third-order valence-electron chi connectivity index (χ3n) is 4.86. The second kappa shape index (κ2) is 5.34. The van der Waals surface area contributed by atoms with Crippen LogP contribution in [-0.2, 0) is 7.05 Å². The van der Waals surface area contributed by atoms with Gasteiger partial charge in [0.1, 0.15) is 11.9 Å². The molecule has 0 radical (unpaired) electrons. The van der Waals surface area contributed by atoms with Gasteiger partial charge >= 0.3 is 0 Å². The first-order chi connectivity index (χ1) is 11.6. The molecule has 0 saturated carbocycles. The molecule has 1 aliphatic heterocycles. The molecule has 4 heteroatoms. The van der Waals surface area contributed by atoms with Gasteiger partial charge in [-0.3, -0.25) is 0 Å². The fraction of sp³-hybridized carbons (Fsp3) is 0.200. The second-order valence-corrected chi connectivity index (χ2v) is 6.31. The quantitative estimate of drug-likeness (QED) is 0.639. The Morgan fingerprint density at radius 2 is 1.58 bits per heavy atom. The van der Waals surface area contributed by atoms with Crippen molar-refractivity contribution in [3.8, 4) is 11.3 Å². The van der Waals surface area contributed by atoms with Gasteiger partial charge < -0.3 is 9.80 Å². The van der Waals surface area contributed by atoms with Crippen molar-refractivity contribution in [2.24, 2.45) is 7.05 Å². The summed E-state index contributed by atoms with van der Waals surface area (Å²) < 4.78 is 2.08. The number of anilines is 4. The smallest absolute Gasteiger partial charge is 0.286 e. The van der Waals surface area contributed by atoms with Crippen LogP contribution in [0.3, 0.4) is 0 Å². The minimum Gasteiger partial charge on any atom is -0.341 e. The van der Waals surface area contributed by atoms with Crippen molar-refractivity contribution in [3.05, 3.63) is 60.6 Å². The van der Waals surface area contributed by atoms with Crippen LogP contribution < -0.4 is 14.4 Å². The average molecular weight is 317 g/mol. The summed E-state index contributed by atoms with van der Waals surface area (Å²) in [5.41, 5.74) is 8.57. The van der Waals surface area contributed by atoms with Crippen molar-refractivity contribution in [1.82, 2.24) is 4.98 Å². The first kappa shape index (κ1) is 14.7. The van der Waals surface area contributed by atoms with E-state index in [2.05, 4.69) is 82.8 Å². The predicted octanol–water partition coefficient (Wildman–Crippen LogP) is 3.73. The SMILES string of the molecule is Cc1ccc2c(c1-c1ccnc[n+]1C)N(C)c1ccccc1N2C. The zero-order chi connectivity index (χ0) is 16.8. The highest BCUT2D eigenvalue weighted by atomic mass is 15.2. The van der Waals surface area contributed by atoms with Crippen molar-refractivity contribution in [3.63, 3.8) is 0 Å². The lowest BCUT2D eigenvalue weighted by Crippen LogP contribution is -2.32. The highest BCUT2D eigenvalue weighted by molar-refractivity contribution is 5.99. The topological polar surface area (TPSA) is 23.2 Å². The molecular weight excluding hydrogens is 296 g/mol. The maximum atomic E-state index is 4.22. The van der Waals surface area contributed by atoms with E-state index in [4.69, 9.17) is 0 Å². The summed E-state index contributed by atoms with van der Waals surface area (Å²) in [5, 5.41) is 0. The van der Waals surface area contributed by atoms with E-state index in [0.717, 1.165) is 0 Å². The van der Waals surface area contributed by atoms with E-state index >= 15 is 0 Å². The summed E-state index contributed by atoms with van der Waals surface area (Å²) in [6.45, 7) is 2.17. The number of aryl methyl sites for hydroxylation is 2. The number of rotatable bonds is 1. The van der Waals surface area contributed by atoms with Crippen LogP contribution in [0, 0.1) is 6.92 Å². The Kier molecular flexibility index (Phi) is 3.27. The van der Waals surface area contributed by atoms with Crippen LogP contribution in [-0.4, -0.2) is 19.1 Å². The fourth-order valence-electron chi connectivity index (χ4n) is 3.59. The van der Waals surface area contributed by atoms with Gasteiger partial charge in [0.05, 0.1) is 35.4 Å². The molecule has 0 bridgehead atoms. The summed E-state index contributed by atoms with van der Waals surface area (Å²) >= 11 is 0. The first-order valence-electron chi connectivity index (χ1n) is 8.09. The molecule has 0 fully saturated rings. The number of benzene rings is 2. The summed E-state index contributed by atoms with van der Waals surface area (Å²) in [4.78, 5) is 8.79. The summed E-state index contributed by atoms with van der Waals surface area (Å²) in [6, 6.07) is 15.0. The lowest BCUT2D eigenvalue weighted by Gasteiger charge is -2.38. The third-order valence-corrected chi connectivity index (χ3v) is 4.86. The van der Waals surface area contributed by atoms with Crippen molar-refractivity contribution >= 4 is 22.7 Å². The lowest BCUT2D eigenvalue weighted by molar-refractivity contribution is -0.663. The third kappa shape index (κ3) is 1.99. The Labute approximate surface area is 142 Å². The maximum Gasteiger partial charge on any atom is 0.286 e. The molecule has 0 saturated heterocycles. The van der Waals surface area contributed by atoms with E-state index in [1.165, 1.54) is 39.6 Å². The van der Waals surface area contributed by atoms with Crippen molar-refractivity contribution in [2.45, 2.75) is 6.92 Å². The van der Waals surface area contributed by atoms with Gasteiger partial charge in [0.2, 0.25) is 0 Å². The van der Waals surface area contributed by atoms with E-state index in [-0.39, 0.29) is 0 Å². The average Bonchev–Trinajstić information content (AvgIpc) is 2.60. The van der Waals surface area contributed by atoms with Gasteiger partial charge in [0.25, 0.3) is 6.33 Å². The zero-order valence-corrected chi connectivity index (χ0v) is 14.5. The number of fused-ring (bicyclic) bond motifs is 2. The molecule has 2 aromatic carbocycles. The van der Waals surface area contributed by atoms with Gasteiger partial charge in [-0.15, -0.1) is 0 Å². The molecule has 0 N–H and O–H groups in total. The van der Waals surface area contributed by atoms with Crippen LogP contribution in [0.1, 0.15) is 5.56 Å². The Hall–Kier alpha value is -2.88. The minimum absolute atomic E-state index is 1.17. The van der Waals surface area contributed by atoms with Crippen molar-refractivity contribution in [2.75, 3.05) is 23.9 Å². The Morgan fingerprint density at radius 1 is 0.875 bits per heavy atom. The molecule has 0 unspecified atom stereocenters. The zero-order valence-electron chi connectivity index (χ0n) is 14.5. The molecule has 3 aromatic rings. The van der Waals surface area contributed by atoms with Crippen LogP contribution >= 0.6 is 0 Å². The second-order valence-electron chi connectivity index (χ2n) is 6.31. The van der Waals surface area contributed by atoms with Crippen molar-refractivity contribution in [1.29, 1.82) is 0 Å². The molecule has 0 atom stereocenters. The van der Waals surface area contributed by atoms with Crippen LogP contribution in [0.25, 0.3) is 11.3 Å². The number of para-hydroxylation sites is 2. The summed E-state index contributed by atoms with van der Waals surface area (Å²) in [7, 11) is 6.33. The number of hydrogen-bond acceptors (Lipinski definition) is 3. The fourth-order valence-corrected chi connectivity index (χ4v) is 3.59. The first-order valence-corrected chi connectivity index (χ1v) is 8.09. The monoisotopic (exact) mass is 317 g/mol. The summed E-state index contributed by atoms with van der Waals surface area (Å²) in [5.74, 6) is 0. The molecule has 24 heavy (non-hydrogen) atoms. The Balaban J connectivity index is 2.04. The van der Waals surface area contributed by atoms with Gasteiger partial charge in [-0.2, -0.15) is 0 Å². The summed E-state index contributed by atoms with van der Waals surface area (Å²) in [6.07, 6.45) is 3.71. The van der Waals surface area contributed by atoms with Gasteiger partial charge in [-0.05, 0) is 30.7 Å². The molecule has 120 valence electrons. The molecule has 1 aliphatic rings. The van der Waals surface area contributed by atoms with Crippen molar-refractivity contribution < 1.29 is 4.57 Å². The predicted molar refractivity (Wildman–Crippen MR) is 98.2 cm³/mol. The molecular formula is C20H21N4+. The standard InChI is InChI=1S/C20H21N4/c1-14-9-10-18-20(19(14)17-11-12-21-13-22(17)2)24(4)16-8-6-5-7-15(16)23(18)3/h5-13H,1-4H3/q+1. The highest BCUT2D eigenvalue weighted by Crippen LogP contribution is 2.50. The van der Waals surface area contributed by atoms with Gasteiger partial charge in [-0.25, -0.2) is 4.57 Å². The number of nitrogens with zero attached hydrogens (tertiary/aromatic N) is 4.